The number of ether oxygens (including phenoxy) is 2. The fourth-order valence-electron chi connectivity index (χ4n) is 2.09. The molecule has 1 amide bonds. The Balaban J connectivity index is 2.04. The number of halogens is 1. The van der Waals surface area contributed by atoms with Crippen molar-refractivity contribution in [3.63, 3.8) is 0 Å². The fraction of sp³-hybridized carbons (Fsp3) is 0.250. The van der Waals surface area contributed by atoms with Crippen LogP contribution in [-0.4, -0.2) is 26.2 Å². The smallest absolute Gasteiger partial charge is 0.252 e. The van der Waals surface area contributed by atoms with Crippen LogP contribution < -0.4 is 14.8 Å². The molecular formula is C20H20BrNO3. The van der Waals surface area contributed by atoms with Gasteiger partial charge in [0.1, 0.15) is 0 Å². The van der Waals surface area contributed by atoms with Crippen LogP contribution in [0.2, 0.25) is 0 Å². The van der Waals surface area contributed by atoms with E-state index in [4.69, 9.17) is 9.47 Å². The van der Waals surface area contributed by atoms with Crippen molar-refractivity contribution >= 4 is 21.8 Å². The minimum Gasteiger partial charge on any atom is -0.493 e. The van der Waals surface area contributed by atoms with Gasteiger partial charge in [0.05, 0.1) is 24.7 Å². The summed E-state index contributed by atoms with van der Waals surface area (Å²) in [5.74, 6) is 6.83. The summed E-state index contributed by atoms with van der Waals surface area (Å²) in [4.78, 5) is 12.3. The van der Waals surface area contributed by atoms with Crippen molar-refractivity contribution < 1.29 is 14.3 Å². The van der Waals surface area contributed by atoms with Crippen molar-refractivity contribution in [2.45, 2.75) is 13.3 Å². The number of methoxy groups -OCH3 is 1. The average molecular weight is 402 g/mol. The van der Waals surface area contributed by atoms with Crippen LogP contribution in [0.5, 0.6) is 11.5 Å². The molecular weight excluding hydrogens is 382 g/mol. The van der Waals surface area contributed by atoms with Gasteiger partial charge < -0.3 is 14.8 Å². The monoisotopic (exact) mass is 401 g/mol. The molecule has 0 unspecified atom stereocenters. The van der Waals surface area contributed by atoms with Crippen molar-refractivity contribution in [1.82, 2.24) is 5.32 Å². The van der Waals surface area contributed by atoms with Gasteiger partial charge in [-0.1, -0.05) is 37.0 Å². The van der Waals surface area contributed by atoms with Crippen molar-refractivity contribution in [3.8, 4) is 23.3 Å². The van der Waals surface area contributed by atoms with Crippen LogP contribution in [0.25, 0.3) is 0 Å². The predicted octanol–water partition coefficient (Wildman–Crippen LogP) is 4.03. The molecule has 0 spiro atoms. The molecule has 4 nitrogen and oxygen atoms in total. The minimum atomic E-state index is -0.219. The summed E-state index contributed by atoms with van der Waals surface area (Å²) < 4.78 is 11.7. The maximum absolute atomic E-state index is 12.3. The lowest BCUT2D eigenvalue weighted by molar-refractivity contribution is 0.0958. The number of hydrogen-bond acceptors (Lipinski definition) is 3. The van der Waals surface area contributed by atoms with Crippen molar-refractivity contribution in [2.75, 3.05) is 20.3 Å². The molecule has 0 aliphatic heterocycles. The van der Waals surface area contributed by atoms with Crippen molar-refractivity contribution in [3.05, 3.63) is 58.1 Å². The third-order valence-corrected chi connectivity index (χ3v) is 3.88. The second-order valence-corrected chi connectivity index (χ2v) is 6.04. The highest BCUT2D eigenvalue weighted by Crippen LogP contribution is 2.36. The third kappa shape index (κ3) is 5.54. The topological polar surface area (TPSA) is 47.6 Å². The van der Waals surface area contributed by atoms with E-state index in [0.717, 1.165) is 12.0 Å². The van der Waals surface area contributed by atoms with E-state index in [1.165, 1.54) is 0 Å². The summed E-state index contributed by atoms with van der Waals surface area (Å²) >= 11 is 3.44. The predicted molar refractivity (Wildman–Crippen MR) is 102 cm³/mol. The maximum atomic E-state index is 12.3. The minimum absolute atomic E-state index is 0.219. The number of carbonyl (C=O) groups is 1. The summed E-state index contributed by atoms with van der Waals surface area (Å²) in [7, 11) is 1.55. The molecule has 0 saturated carbocycles. The van der Waals surface area contributed by atoms with Crippen LogP contribution in [0.4, 0.5) is 0 Å². The molecule has 5 heteroatoms. The lowest BCUT2D eigenvalue weighted by Crippen LogP contribution is -2.23. The largest absolute Gasteiger partial charge is 0.493 e. The number of amides is 1. The maximum Gasteiger partial charge on any atom is 0.252 e. The van der Waals surface area contributed by atoms with E-state index < -0.39 is 0 Å². The molecule has 0 bridgehead atoms. The Hall–Kier alpha value is -2.45. The molecule has 0 atom stereocenters. The van der Waals surface area contributed by atoms with Crippen LogP contribution in [0.15, 0.2) is 46.9 Å². The van der Waals surface area contributed by atoms with Crippen LogP contribution in [0, 0.1) is 11.8 Å². The fourth-order valence-corrected chi connectivity index (χ4v) is 2.65. The number of nitrogens with one attached hydrogen (secondary N) is 1. The second-order valence-electron chi connectivity index (χ2n) is 5.19. The summed E-state index contributed by atoms with van der Waals surface area (Å²) in [5, 5.41) is 2.78. The Morgan fingerprint density at radius 1 is 1.24 bits per heavy atom. The molecule has 25 heavy (non-hydrogen) atoms. The van der Waals surface area contributed by atoms with Gasteiger partial charge in [-0.25, -0.2) is 0 Å². The van der Waals surface area contributed by atoms with E-state index in [0.29, 0.717) is 28.1 Å². The Bertz CT molecular complexity index is 779. The SMILES string of the molecule is CCCOc1c(Br)cc(C(=O)NCC#Cc2ccccc2)cc1OC. The Morgan fingerprint density at radius 3 is 2.68 bits per heavy atom. The average Bonchev–Trinajstić information content (AvgIpc) is 2.64. The number of carbonyl (C=O) groups excluding carboxylic acids is 1. The second kappa shape index (κ2) is 9.75. The molecule has 130 valence electrons. The summed E-state index contributed by atoms with van der Waals surface area (Å²) in [6, 6.07) is 13.0. The molecule has 0 aliphatic rings. The highest BCUT2D eigenvalue weighted by Gasteiger charge is 2.15. The van der Waals surface area contributed by atoms with Crippen molar-refractivity contribution in [1.29, 1.82) is 0 Å². The van der Waals surface area contributed by atoms with E-state index >= 15 is 0 Å². The molecule has 2 aromatic carbocycles. The van der Waals surface area contributed by atoms with Gasteiger partial charge in [0.15, 0.2) is 11.5 Å². The summed E-state index contributed by atoms with van der Waals surface area (Å²) in [6.07, 6.45) is 0.887. The first-order valence-corrected chi connectivity index (χ1v) is 8.77. The van der Waals surface area contributed by atoms with Gasteiger partial charge in [-0.15, -0.1) is 0 Å². The van der Waals surface area contributed by atoms with E-state index in [2.05, 4.69) is 33.1 Å². The standard InChI is InChI=1S/C20H20BrNO3/c1-3-12-25-19-17(21)13-16(14-18(19)24-2)20(23)22-11-7-10-15-8-5-4-6-9-15/h4-6,8-9,13-14H,3,11-12H2,1-2H3,(H,22,23). The quantitative estimate of drug-likeness (QED) is 0.743. The van der Waals surface area contributed by atoms with Gasteiger partial charge in [-0.3, -0.25) is 4.79 Å². The first-order valence-electron chi connectivity index (χ1n) is 7.98. The first kappa shape index (κ1) is 18.9. The Labute approximate surface area is 156 Å². The van der Waals surface area contributed by atoms with E-state index in [-0.39, 0.29) is 12.5 Å². The number of benzene rings is 2. The normalized spacial score (nSPS) is 9.72. The zero-order valence-electron chi connectivity index (χ0n) is 14.3. The zero-order valence-corrected chi connectivity index (χ0v) is 15.9. The van der Waals surface area contributed by atoms with Crippen LogP contribution in [0.1, 0.15) is 29.3 Å². The molecule has 0 saturated heterocycles. The lowest BCUT2D eigenvalue weighted by atomic mass is 10.2. The number of hydrogen-bond donors (Lipinski definition) is 1. The third-order valence-electron chi connectivity index (χ3n) is 3.29. The van der Waals surface area contributed by atoms with Gasteiger partial charge in [0.25, 0.3) is 5.91 Å². The Kier molecular flexibility index (Phi) is 7.36. The molecule has 0 aromatic heterocycles. The van der Waals surface area contributed by atoms with Crippen molar-refractivity contribution in [2.24, 2.45) is 0 Å². The lowest BCUT2D eigenvalue weighted by Gasteiger charge is -2.13. The summed E-state index contributed by atoms with van der Waals surface area (Å²) in [6.45, 7) is 2.87. The molecule has 0 aliphatic carbocycles. The highest BCUT2D eigenvalue weighted by atomic mass is 79.9. The van der Waals surface area contributed by atoms with Crippen LogP contribution in [-0.2, 0) is 0 Å². The van der Waals surface area contributed by atoms with Gasteiger partial charge in [-0.2, -0.15) is 0 Å². The zero-order chi connectivity index (χ0) is 18.1. The molecule has 2 aromatic rings. The van der Waals surface area contributed by atoms with E-state index in [1.807, 2.05) is 37.3 Å². The van der Waals surface area contributed by atoms with Crippen LogP contribution in [0.3, 0.4) is 0 Å². The molecule has 0 heterocycles. The molecule has 0 fully saturated rings. The molecule has 2 rings (SSSR count). The molecule has 1 N–H and O–H groups in total. The van der Waals surface area contributed by atoms with Gasteiger partial charge in [-0.05, 0) is 46.6 Å². The van der Waals surface area contributed by atoms with Crippen LogP contribution >= 0.6 is 15.9 Å². The van der Waals surface area contributed by atoms with Gasteiger partial charge >= 0.3 is 0 Å². The highest BCUT2D eigenvalue weighted by molar-refractivity contribution is 9.10. The van der Waals surface area contributed by atoms with Gasteiger partial charge in [0.2, 0.25) is 0 Å². The summed E-state index contributed by atoms with van der Waals surface area (Å²) in [5.41, 5.74) is 1.40. The van der Waals surface area contributed by atoms with E-state index in [9.17, 15) is 4.79 Å². The first-order chi connectivity index (χ1) is 12.2. The van der Waals surface area contributed by atoms with E-state index in [1.54, 1.807) is 19.2 Å². The Morgan fingerprint density at radius 2 is 2.00 bits per heavy atom. The number of rotatable bonds is 6. The van der Waals surface area contributed by atoms with Gasteiger partial charge in [0, 0.05) is 11.1 Å². The molecule has 0 radical (unpaired) electrons.